The zero-order chi connectivity index (χ0) is 22.0. The van der Waals surface area contributed by atoms with E-state index in [0.29, 0.717) is 18.9 Å². The van der Waals surface area contributed by atoms with Gasteiger partial charge in [-0.3, -0.25) is 4.98 Å². The summed E-state index contributed by atoms with van der Waals surface area (Å²) in [6.07, 6.45) is 3.90. The maximum atomic E-state index is 9.95. The molecule has 0 unspecified atom stereocenters. The molecule has 0 spiro atoms. The molecule has 3 atom stereocenters. The number of fused-ring (bicyclic) bond motifs is 1. The summed E-state index contributed by atoms with van der Waals surface area (Å²) in [5.74, 6) is 0. The Hall–Kier alpha value is -2.52. The smallest absolute Gasteiger partial charge is 0.169 e. The van der Waals surface area contributed by atoms with Crippen molar-refractivity contribution in [3.63, 3.8) is 0 Å². The second-order valence-corrected chi connectivity index (χ2v) is 8.57. The van der Waals surface area contributed by atoms with E-state index in [4.69, 9.17) is 14.6 Å². The molecule has 4 rings (SSSR count). The Morgan fingerprint density at radius 1 is 1.39 bits per heavy atom. The zero-order valence-corrected chi connectivity index (χ0v) is 18.8. The van der Waals surface area contributed by atoms with E-state index in [9.17, 15) is 5.11 Å². The average Bonchev–Trinajstić information content (AvgIpc) is 3.40. The fourth-order valence-electron chi connectivity index (χ4n) is 3.98. The molecule has 9 heteroatoms. The van der Waals surface area contributed by atoms with Crippen LogP contribution in [0.25, 0.3) is 0 Å². The van der Waals surface area contributed by atoms with Crippen LogP contribution >= 0.6 is 0 Å². The van der Waals surface area contributed by atoms with E-state index in [2.05, 4.69) is 40.3 Å². The summed E-state index contributed by atoms with van der Waals surface area (Å²) >= 11 is 0. The van der Waals surface area contributed by atoms with Gasteiger partial charge in [-0.15, -0.1) is 5.10 Å². The first-order chi connectivity index (χ1) is 14.9. The summed E-state index contributed by atoms with van der Waals surface area (Å²) in [5, 5.41) is 22.5. The Kier molecular flexibility index (Phi) is 6.52. The predicted molar refractivity (Wildman–Crippen MR) is 117 cm³/mol. The molecule has 2 aliphatic heterocycles. The van der Waals surface area contributed by atoms with Crippen molar-refractivity contribution in [1.82, 2.24) is 20.0 Å². The van der Waals surface area contributed by atoms with E-state index >= 15 is 0 Å². The van der Waals surface area contributed by atoms with Crippen molar-refractivity contribution in [3.8, 4) is 0 Å². The Morgan fingerprint density at radius 3 is 3.00 bits per heavy atom. The summed E-state index contributed by atoms with van der Waals surface area (Å²) in [4.78, 5) is 12.9. The van der Waals surface area contributed by atoms with Gasteiger partial charge in [0.25, 0.3) is 0 Å². The van der Waals surface area contributed by atoms with Crippen molar-refractivity contribution in [2.45, 2.75) is 65.2 Å². The normalized spacial score (nSPS) is 22.5. The van der Waals surface area contributed by atoms with E-state index < -0.39 is 6.10 Å². The predicted octanol–water partition coefficient (Wildman–Crippen LogP) is 2.52. The monoisotopic (exact) mass is 428 g/mol. The van der Waals surface area contributed by atoms with E-state index in [1.807, 2.05) is 13.8 Å². The first-order valence-electron chi connectivity index (χ1n) is 11.0. The second-order valence-electron chi connectivity index (χ2n) is 8.57. The molecule has 1 saturated heterocycles. The van der Waals surface area contributed by atoms with Gasteiger partial charge in [-0.05, 0) is 52.2 Å². The molecule has 9 nitrogen and oxygen atoms in total. The molecule has 2 aromatic heterocycles. The average molecular weight is 429 g/mol. The summed E-state index contributed by atoms with van der Waals surface area (Å²) in [7, 11) is 0. The zero-order valence-electron chi connectivity index (χ0n) is 18.8. The van der Waals surface area contributed by atoms with Gasteiger partial charge in [0.05, 0.1) is 36.5 Å². The molecule has 0 aromatic carbocycles. The van der Waals surface area contributed by atoms with Crippen LogP contribution < -0.4 is 4.90 Å². The number of aliphatic hydroxyl groups is 1. The number of rotatable bonds is 7. The summed E-state index contributed by atoms with van der Waals surface area (Å²) < 4.78 is 6.93. The lowest BCUT2D eigenvalue weighted by Crippen LogP contribution is -2.32. The molecule has 4 heterocycles. The van der Waals surface area contributed by atoms with Crippen molar-refractivity contribution in [2.75, 3.05) is 31.2 Å². The minimum atomic E-state index is -0.561. The van der Waals surface area contributed by atoms with Gasteiger partial charge in [0.1, 0.15) is 17.8 Å². The van der Waals surface area contributed by atoms with Gasteiger partial charge in [-0.25, -0.2) is 4.68 Å². The fraction of sp³-hybridized carbons (Fsp3) is 0.636. The van der Waals surface area contributed by atoms with Crippen LogP contribution in [0.1, 0.15) is 61.5 Å². The van der Waals surface area contributed by atoms with Crippen molar-refractivity contribution in [2.24, 2.45) is 5.16 Å². The molecule has 2 aliphatic rings. The van der Waals surface area contributed by atoms with Crippen LogP contribution in [0.3, 0.4) is 0 Å². The molecule has 0 radical (unpaired) electrons. The largest absolute Gasteiger partial charge is 0.388 e. The SMILES string of the molecule is C/C(CCN1CCCc2nc(C)c(C)cc21)=N\O[C@H](C)c1cn([C@@H]2COC[C@H]2O)nn1. The van der Waals surface area contributed by atoms with E-state index in [-0.39, 0.29) is 12.1 Å². The summed E-state index contributed by atoms with van der Waals surface area (Å²) in [5.41, 5.74) is 6.42. The second kappa shape index (κ2) is 9.32. The number of aryl methyl sites for hydroxylation is 3. The molecular formula is C22H32N6O3. The summed E-state index contributed by atoms with van der Waals surface area (Å²) in [6, 6.07) is 2.06. The molecule has 2 aromatic rings. The third kappa shape index (κ3) is 4.88. The number of oxime groups is 1. The Labute approximate surface area is 183 Å². The summed E-state index contributed by atoms with van der Waals surface area (Å²) in [6.45, 7) is 10.8. The van der Waals surface area contributed by atoms with Crippen LogP contribution in [-0.4, -0.2) is 63.2 Å². The number of aliphatic hydroxyl groups excluding tert-OH is 1. The lowest BCUT2D eigenvalue weighted by atomic mass is 10.0. The van der Waals surface area contributed by atoms with Gasteiger partial charge >= 0.3 is 0 Å². The van der Waals surface area contributed by atoms with Gasteiger partial charge in [-0.2, -0.15) is 0 Å². The fourth-order valence-corrected chi connectivity index (χ4v) is 3.98. The first kappa shape index (κ1) is 21.7. The number of pyridine rings is 1. The lowest BCUT2D eigenvalue weighted by Gasteiger charge is -2.31. The highest BCUT2D eigenvalue weighted by atomic mass is 16.6. The van der Waals surface area contributed by atoms with Gasteiger partial charge in [-0.1, -0.05) is 10.4 Å². The van der Waals surface area contributed by atoms with Crippen molar-refractivity contribution in [1.29, 1.82) is 0 Å². The van der Waals surface area contributed by atoms with Gasteiger partial charge in [0, 0.05) is 25.2 Å². The highest BCUT2D eigenvalue weighted by molar-refractivity contribution is 5.82. The van der Waals surface area contributed by atoms with Crippen LogP contribution in [0.2, 0.25) is 0 Å². The lowest BCUT2D eigenvalue weighted by molar-refractivity contribution is 0.0685. The number of nitrogens with zero attached hydrogens (tertiary/aromatic N) is 6. The van der Waals surface area contributed by atoms with Crippen molar-refractivity contribution < 1.29 is 14.7 Å². The highest BCUT2D eigenvalue weighted by Gasteiger charge is 2.29. The van der Waals surface area contributed by atoms with Crippen LogP contribution in [0.5, 0.6) is 0 Å². The van der Waals surface area contributed by atoms with Crippen LogP contribution in [-0.2, 0) is 16.0 Å². The minimum absolute atomic E-state index is 0.201. The van der Waals surface area contributed by atoms with E-state index in [1.54, 1.807) is 10.9 Å². The van der Waals surface area contributed by atoms with Crippen LogP contribution in [0.4, 0.5) is 5.69 Å². The molecule has 0 saturated carbocycles. The Balaban J connectivity index is 1.32. The molecule has 1 fully saturated rings. The molecule has 168 valence electrons. The topological polar surface area (TPSA) is 97.9 Å². The third-order valence-electron chi connectivity index (χ3n) is 6.12. The number of hydrogen-bond acceptors (Lipinski definition) is 8. The molecule has 0 amide bonds. The number of ether oxygens (including phenoxy) is 1. The van der Waals surface area contributed by atoms with Crippen molar-refractivity contribution >= 4 is 11.4 Å². The Bertz CT molecular complexity index is 943. The molecular weight excluding hydrogens is 396 g/mol. The van der Waals surface area contributed by atoms with E-state index in [0.717, 1.165) is 43.8 Å². The molecule has 0 bridgehead atoms. The molecule has 0 aliphatic carbocycles. The van der Waals surface area contributed by atoms with Crippen LogP contribution in [0.15, 0.2) is 17.4 Å². The molecule has 31 heavy (non-hydrogen) atoms. The van der Waals surface area contributed by atoms with Gasteiger partial charge in [0.15, 0.2) is 6.10 Å². The maximum absolute atomic E-state index is 9.95. The third-order valence-corrected chi connectivity index (χ3v) is 6.12. The maximum Gasteiger partial charge on any atom is 0.169 e. The van der Waals surface area contributed by atoms with Crippen LogP contribution in [0, 0.1) is 13.8 Å². The standard InChI is InChI=1S/C22H32N6O3/c1-14-10-20-18(23-16(14)3)6-5-8-27(20)9-7-15(2)25-31-17(4)19-11-28(26-24-19)21-12-30-13-22(21)29/h10-11,17,21-22,29H,5-9,12-13H2,1-4H3/b25-15+/t17-,21-,22-/m1/s1. The highest BCUT2D eigenvalue weighted by Crippen LogP contribution is 2.28. The number of aromatic nitrogens is 4. The van der Waals surface area contributed by atoms with Gasteiger partial charge < -0.3 is 19.6 Å². The Morgan fingerprint density at radius 2 is 2.23 bits per heavy atom. The first-order valence-corrected chi connectivity index (χ1v) is 11.0. The minimum Gasteiger partial charge on any atom is -0.388 e. The van der Waals surface area contributed by atoms with Crippen molar-refractivity contribution in [3.05, 3.63) is 34.9 Å². The van der Waals surface area contributed by atoms with Gasteiger partial charge in [0.2, 0.25) is 0 Å². The number of hydrogen-bond donors (Lipinski definition) is 1. The van der Waals surface area contributed by atoms with E-state index in [1.165, 1.54) is 16.9 Å². The number of anilines is 1. The quantitative estimate of drug-likeness (QED) is 0.534. The molecule has 1 N–H and O–H groups in total.